The molecule has 0 saturated carbocycles. The van der Waals surface area contributed by atoms with E-state index in [-0.39, 0.29) is 17.9 Å². The van der Waals surface area contributed by atoms with Crippen molar-refractivity contribution in [2.45, 2.75) is 39.2 Å². The standard InChI is InChI=1S/C13H21NO4/c1-9(2)13(12(16)17)5-6-14(8-13)11(15)10-4-3-7-18-10/h9-10H,3-8H2,1-2H3,(H,16,17). The molecule has 5 nitrogen and oxygen atoms in total. The number of carboxylic acid groups (broad SMARTS) is 1. The summed E-state index contributed by atoms with van der Waals surface area (Å²) in [5.74, 6) is -0.797. The average molecular weight is 255 g/mol. The number of carbonyl (C=O) groups excluding carboxylic acids is 1. The topological polar surface area (TPSA) is 66.8 Å². The fourth-order valence-corrected chi connectivity index (χ4v) is 2.89. The van der Waals surface area contributed by atoms with E-state index in [4.69, 9.17) is 4.74 Å². The molecule has 2 saturated heterocycles. The largest absolute Gasteiger partial charge is 0.481 e. The number of carbonyl (C=O) groups is 2. The Balaban J connectivity index is 2.06. The molecule has 2 aliphatic heterocycles. The number of rotatable bonds is 3. The van der Waals surface area contributed by atoms with Crippen molar-refractivity contribution in [2.24, 2.45) is 11.3 Å². The number of carboxylic acids is 1. The van der Waals surface area contributed by atoms with E-state index in [0.717, 1.165) is 12.8 Å². The molecule has 1 N–H and O–H groups in total. The van der Waals surface area contributed by atoms with Crippen LogP contribution in [0, 0.1) is 11.3 Å². The van der Waals surface area contributed by atoms with Gasteiger partial charge in [-0.25, -0.2) is 0 Å². The van der Waals surface area contributed by atoms with Gasteiger partial charge in [-0.2, -0.15) is 0 Å². The van der Waals surface area contributed by atoms with Crippen LogP contribution in [0.3, 0.4) is 0 Å². The fourth-order valence-electron chi connectivity index (χ4n) is 2.89. The number of hydrogen-bond donors (Lipinski definition) is 1. The van der Waals surface area contributed by atoms with E-state index in [1.54, 1.807) is 4.90 Å². The zero-order valence-corrected chi connectivity index (χ0v) is 11.0. The van der Waals surface area contributed by atoms with Gasteiger partial charge in [-0.15, -0.1) is 0 Å². The van der Waals surface area contributed by atoms with Crippen molar-refractivity contribution in [1.82, 2.24) is 4.90 Å². The second kappa shape index (κ2) is 4.88. The van der Waals surface area contributed by atoms with Crippen LogP contribution >= 0.6 is 0 Å². The number of aliphatic carboxylic acids is 1. The quantitative estimate of drug-likeness (QED) is 0.820. The molecular formula is C13H21NO4. The van der Waals surface area contributed by atoms with Gasteiger partial charge in [-0.3, -0.25) is 9.59 Å². The molecule has 0 aliphatic carbocycles. The molecule has 2 unspecified atom stereocenters. The van der Waals surface area contributed by atoms with Gasteiger partial charge in [0.2, 0.25) is 0 Å². The van der Waals surface area contributed by atoms with Crippen LogP contribution < -0.4 is 0 Å². The third kappa shape index (κ3) is 2.11. The van der Waals surface area contributed by atoms with Crippen molar-refractivity contribution in [1.29, 1.82) is 0 Å². The van der Waals surface area contributed by atoms with Crippen molar-refractivity contribution >= 4 is 11.9 Å². The lowest BCUT2D eigenvalue weighted by Gasteiger charge is -2.29. The van der Waals surface area contributed by atoms with Gasteiger partial charge in [-0.1, -0.05) is 13.8 Å². The molecule has 2 aliphatic rings. The van der Waals surface area contributed by atoms with Crippen molar-refractivity contribution < 1.29 is 19.4 Å². The SMILES string of the molecule is CC(C)C1(C(=O)O)CCN(C(=O)C2CCCO2)C1. The maximum Gasteiger partial charge on any atom is 0.311 e. The maximum absolute atomic E-state index is 12.2. The molecule has 0 aromatic heterocycles. The summed E-state index contributed by atoms with van der Waals surface area (Å²) in [4.78, 5) is 25.3. The minimum absolute atomic E-state index is 0.0253. The molecule has 0 aromatic carbocycles. The highest BCUT2D eigenvalue weighted by Gasteiger charge is 2.49. The Bertz CT molecular complexity index is 349. The van der Waals surface area contributed by atoms with Crippen LogP contribution in [0.5, 0.6) is 0 Å². The number of nitrogens with zero attached hydrogens (tertiary/aromatic N) is 1. The summed E-state index contributed by atoms with van der Waals surface area (Å²) in [6.45, 7) is 5.31. The molecule has 1 amide bonds. The molecule has 2 heterocycles. The van der Waals surface area contributed by atoms with Crippen LogP contribution in [0.25, 0.3) is 0 Å². The van der Waals surface area contributed by atoms with Crippen LogP contribution in [0.1, 0.15) is 33.1 Å². The molecule has 0 bridgehead atoms. The lowest BCUT2D eigenvalue weighted by atomic mass is 9.76. The summed E-state index contributed by atoms with van der Waals surface area (Å²) in [5, 5.41) is 9.43. The Morgan fingerprint density at radius 1 is 1.44 bits per heavy atom. The van der Waals surface area contributed by atoms with Gasteiger partial charge in [0.05, 0.1) is 5.41 Å². The lowest BCUT2D eigenvalue weighted by Crippen LogP contribution is -2.43. The van der Waals surface area contributed by atoms with Gasteiger partial charge < -0.3 is 14.7 Å². The van der Waals surface area contributed by atoms with Gasteiger partial charge in [0.25, 0.3) is 5.91 Å². The van der Waals surface area contributed by atoms with Gasteiger partial charge >= 0.3 is 5.97 Å². The second-order valence-corrected chi connectivity index (χ2v) is 5.63. The zero-order valence-electron chi connectivity index (χ0n) is 11.0. The van der Waals surface area contributed by atoms with Crippen molar-refractivity contribution in [2.75, 3.05) is 19.7 Å². The Hall–Kier alpha value is -1.10. The minimum Gasteiger partial charge on any atom is -0.481 e. The monoisotopic (exact) mass is 255 g/mol. The van der Waals surface area contributed by atoms with Crippen molar-refractivity contribution in [3.63, 3.8) is 0 Å². The van der Waals surface area contributed by atoms with E-state index in [2.05, 4.69) is 0 Å². The number of likely N-dealkylation sites (tertiary alicyclic amines) is 1. The Kier molecular flexibility index (Phi) is 3.61. The van der Waals surface area contributed by atoms with Crippen LogP contribution in [0.15, 0.2) is 0 Å². The molecule has 2 atom stereocenters. The second-order valence-electron chi connectivity index (χ2n) is 5.63. The van der Waals surface area contributed by atoms with E-state index in [9.17, 15) is 14.7 Å². The molecule has 18 heavy (non-hydrogen) atoms. The van der Waals surface area contributed by atoms with Gasteiger partial charge in [0, 0.05) is 19.7 Å². The third-order valence-corrected chi connectivity index (χ3v) is 4.35. The molecule has 2 fully saturated rings. The highest BCUT2D eigenvalue weighted by molar-refractivity contribution is 5.84. The Labute approximate surface area is 107 Å². The smallest absolute Gasteiger partial charge is 0.311 e. The molecule has 102 valence electrons. The summed E-state index contributed by atoms with van der Waals surface area (Å²) < 4.78 is 5.38. The summed E-state index contributed by atoms with van der Waals surface area (Å²) in [7, 11) is 0. The Morgan fingerprint density at radius 2 is 2.17 bits per heavy atom. The molecule has 0 spiro atoms. The van der Waals surface area contributed by atoms with E-state index in [1.807, 2.05) is 13.8 Å². The van der Waals surface area contributed by atoms with Crippen LogP contribution in [-0.4, -0.2) is 47.7 Å². The predicted octanol–water partition coefficient (Wildman–Crippen LogP) is 1.12. The molecule has 0 radical (unpaired) electrons. The minimum atomic E-state index is -0.792. The van der Waals surface area contributed by atoms with E-state index >= 15 is 0 Å². The zero-order chi connectivity index (χ0) is 13.3. The van der Waals surface area contributed by atoms with Gasteiger partial charge in [-0.05, 0) is 25.2 Å². The number of hydrogen-bond acceptors (Lipinski definition) is 3. The first-order valence-electron chi connectivity index (χ1n) is 6.61. The molecule has 5 heteroatoms. The predicted molar refractivity (Wildman–Crippen MR) is 65.1 cm³/mol. The Morgan fingerprint density at radius 3 is 2.61 bits per heavy atom. The summed E-state index contributed by atoms with van der Waals surface area (Å²) >= 11 is 0. The maximum atomic E-state index is 12.2. The number of amides is 1. The average Bonchev–Trinajstić information content (AvgIpc) is 2.98. The lowest BCUT2D eigenvalue weighted by molar-refractivity contribution is -0.152. The van der Waals surface area contributed by atoms with Crippen molar-refractivity contribution in [3.8, 4) is 0 Å². The summed E-state index contributed by atoms with van der Waals surface area (Å²) in [6, 6.07) is 0. The summed E-state index contributed by atoms with van der Waals surface area (Å²) in [5.41, 5.74) is -0.783. The van der Waals surface area contributed by atoms with Crippen molar-refractivity contribution in [3.05, 3.63) is 0 Å². The van der Waals surface area contributed by atoms with Gasteiger partial charge in [0.15, 0.2) is 0 Å². The first-order chi connectivity index (χ1) is 8.47. The van der Waals surface area contributed by atoms with Crippen LogP contribution in [0.2, 0.25) is 0 Å². The van der Waals surface area contributed by atoms with Gasteiger partial charge in [0.1, 0.15) is 6.10 Å². The van der Waals surface area contributed by atoms with Crippen LogP contribution in [-0.2, 0) is 14.3 Å². The normalized spacial score (nSPS) is 32.2. The van der Waals surface area contributed by atoms with Crippen LogP contribution in [0.4, 0.5) is 0 Å². The third-order valence-electron chi connectivity index (χ3n) is 4.35. The summed E-state index contributed by atoms with van der Waals surface area (Å²) in [6.07, 6.45) is 1.87. The van der Waals surface area contributed by atoms with E-state index in [1.165, 1.54) is 0 Å². The number of ether oxygens (including phenoxy) is 1. The van der Waals surface area contributed by atoms with E-state index < -0.39 is 11.4 Å². The first kappa shape index (κ1) is 13.3. The highest BCUT2D eigenvalue weighted by Crippen LogP contribution is 2.38. The highest BCUT2D eigenvalue weighted by atomic mass is 16.5. The molecular weight excluding hydrogens is 234 g/mol. The molecule has 2 rings (SSSR count). The molecule has 0 aromatic rings. The van der Waals surface area contributed by atoms with E-state index in [0.29, 0.717) is 26.1 Å². The first-order valence-corrected chi connectivity index (χ1v) is 6.61. The fraction of sp³-hybridized carbons (Fsp3) is 0.846.